The number of rotatable bonds is 6. The van der Waals surface area contributed by atoms with Crippen molar-refractivity contribution in [2.24, 2.45) is 0 Å². The number of fused-ring (bicyclic) bond motifs is 1. The summed E-state index contributed by atoms with van der Waals surface area (Å²) in [6.45, 7) is 2.80. The molecule has 1 aromatic carbocycles. The molecular formula is C20H21N5OS. The van der Waals surface area contributed by atoms with Gasteiger partial charge in [0.25, 0.3) is 0 Å². The van der Waals surface area contributed by atoms with Crippen molar-refractivity contribution in [1.29, 1.82) is 0 Å². The Morgan fingerprint density at radius 1 is 1.22 bits per heavy atom. The van der Waals surface area contributed by atoms with Crippen molar-refractivity contribution in [3.05, 3.63) is 53.9 Å². The molecule has 0 aliphatic heterocycles. The van der Waals surface area contributed by atoms with Crippen LogP contribution in [0.4, 0.5) is 5.69 Å². The van der Waals surface area contributed by atoms with Gasteiger partial charge < -0.3 is 9.88 Å². The summed E-state index contributed by atoms with van der Waals surface area (Å²) in [5, 5.41) is 12.3. The summed E-state index contributed by atoms with van der Waals surface area (Å²) in [6, 6.07) is 11.6. The van der Waals surface area contributed by atoms with Crippen molar-refractivity contribution < 1.29 is 4.79 Å². The van der Waals surface area contributed by atoms with Gasteiger partial charge in [-0.15, -0.1) is 10.2 Å². The number of anilines is 1. The van der Waals surface area contributed by atoms with E-state index in [4.69, 9.17) is 0 Å². The molecular weight excluding hydrogens is 358 g/mol. The summed E-state index contributed by atoms with van der Waals surface area (Å²) in [4.78, 5) is 16.8. The SMILES string of the molecule is CCn1c(SCC(=O)Nc2ccccc2)nnc1-c1cnc2c(c1)CCC2. The van der Waals surface area contributed by atoms with Crippen LogP contribution in [0.1, 0.15) is 24.6 Å². The first-order chi connectivity index (χ1) is 13.2. The number of thioether (sulfide) groups is 1. The number of carbonyl (C=O) groups is 1. The lowest BCUT2D eigenvalue weighted by atomic mass is 10.1. The van der Waals surface area contributed by atoms with E-state index in [0.29, 0.717) is 0 Å². The average molecular weight is 379 g/mol. The van der Waals surface area contributed by atoms with E-state index in [9.17, 15) is 4.79 Å². The highest BCUT2D eigenvalue weighted by atomic mass is 32.2. The van der Waals surface area contributed by atoms with Crippen LogP contribution in [0.3, 0.4) is 0 Å². The van der Waals surface area contributed by atoms with Gasteiger partial charge in [-0.25, -0.2) is 0 Å². The topological polar surface area (TPSA) is 72.7 Å². The molecule has 2 heterocycles. The van der Waals surface area contributed by atoms with Gasteiger partial charge in [0.05, 0.1) is 5.75 Å². The van der Waals surface area contributed by atoms with Gasteiger partial charge in [0.2, 0.25) is 5.91 Å². The van der Waals surface area contributed by atoms with Crippen LogP contribution < -0.4 is 5.32 Å². The molecule has 7 heteroatoms. The minimum Gasteiger partial charge on any atom is -0.325 e. The van der Waals surface area contributed by atoms with Gasteiger partial charge in [-0.3, -0.25) is 9.78 Å². The van der Waals surface area contributed by atoms with Gasteiger partial charge in [0, 0.05) is 29.7 Å². The minimum absolute atomic E-state index is 0.0578. The number of aryl methyl sites for hydroxylation is 2. The average Bonchev–Trinajstić information content (AvgIpc) is 3.32. The number of aromatic nitrogens is 4. The summed E-state index contributed by atoms with van der Waals surface area (Å²) in [5.41, 5.74) is 4.30. The Labute approximate surface area is 162 Å². The summed E-state index contributed by atoms with van der Waals surface area (Å²) in [6.07, 6.45) is 5.20. The zero-order chi connectivity index (χ0) is 18.6. The quantitative estimate of drug-likeness (QED) is 0.663. The van der Waals surface area contributed by atoms with Crippen LogP contribution in [0, 0.1) is 0 Å². The smallest absolute Gasteiger partial charge is 0.234 e. The highest BCUT2D eigenvalue weighted by Crippen LogP contribution is 2.27. The largest absolute Gasteiger partial charge is 0.325 e. The molecule has 3 aromatic rings. The minimum atomic E-state index is -0.0578. The Balaban J connectivity index is 1.47. The lowest BCUT2D eigenvalue weighted by Gasteiger charge is -2.08. The van der Waals surface area contributed by atoms with Crippen molar-refractivity contribution in [2.75, 3.05) is 11.1 Å². The number of nitrogens with zero attached hydrogens (tertiary/aromatic N) is 4. The van der Waals surface area contributed by atoms with Crippen LogP contribution in [0.2, 0.25) is 0 Å². The van der Waals surface area contributed by atoms with E-state index in [0.717, 1.165) is 41.6 Å². The molecule has 2 aromatic heterocycles. The number of hydrogen-bond acceptors (Lipinski definition) is 5. The van der Waals surface area contributed by atoms with Crippen molar-refractivity contribution in [3.8, 4) is 11.4 Å². The number of para-hydroxylation sites is 1. The molecule has 0 radical (unpaired) electrons. The van der Waals surface area contributed by atoms with Gasteiger partial charge >= 0.3 is 0 Å². The third kappa shape index (κ3) is 3.88. The molecule has 0 fully saturated rings. The van der Waals surface area contributed by atoms with Crippen LogP contribution in [0.25, 0.3) is 11.4 Å². The molecule has 1 aliphatic carbocycles. The first-order valence-electron chi connectivity index (χ1n) is 9.13. The molecule has 0 saturated heterocycles. The lowest BCUT2D eigenvalue weighted by Crippen LogP contribution is -2.14. The van der Waals surface area contributed by atoms with E-state index in [2.05, 4.69) is 33.5 Å². The van der Waals surface area contributed by atoms with Gasteiger partial charge in [0.15, 0.2) is 11.0 Å². The molecule has 6 nitrogen and oxygen atoms in total. The Morgan fingerprint density at radius 3 is 2.89 bits per heavy atom. The van der Waals surface area contributed by atoms with Crippen LogP contribution in [-0.4, -0.2) is 31.4 Å². The molecule has 0 spiro atoms. The fourth-order valence-electron chi connectivity index (χ4n) is 3.29. The van der Waals surface area contributed by atoms with Crippen LogP contribution in [0.5, 0.6) is 0 Å². The highest BCUT2D eigenvalue weighted by Gasteiger charge is 2.18. The van der Waals surface area contributed by atoms with E-state index in [1.165, 1.54) is 29.4 Å². The molecule has 0 atom stereocenters. The monoisotopic (exact) mass is 379 g/mol. The molecule has 0 bridgehead atoms. The van der Waals surface area contributed by atoms with E-state index in [-0.39, 0.29) is 11.7 Å². The zero-order valence-electron chi connectivity index (χ0n) is 15.2. The second-order valence-electron chi connectivity index (χ2n) is 6.44. The van der Waals surface area contributed by atoms with E-state index < -0.39 is 0 Å². The van der Waals surface area contributed by atoms with Crippen molar-refractivity contribution >= 4 is 23.4 Å². The Hall–Kier alpha value is -2.67. The third-order valence-electron chi connectivity index (χ3n) is 4.60. The first kappa shape index (κ1) is 17.7. The van der Waals surface area contributed by atoms with Crippen LogP contribution in [-0.2, 0) is 24.2 Å². The van der Waals surface area contributed by atoms with Gasteiger partial charge in [-0.2, -0.15) is 0 Å². The molecule has 0 unspecified atom stereocenters. The number of carbonyl (C=O) groups excluding carboxylic acids is 1. The fraction of sp³-hybridized carbons (Fsp3) is 0.300. The summed E-state index contributed by atoms with van der Waals surface area (Å²) in [5.74, 6) is 1.04. The predicted molar refractivity (Wildman–Crippen MR) is 107 cm³/mol. The summed E-state index contributed by atoms with van der Waals surface area (Å²) >= 11 is 1.40. The predicted octanol–water partition coefficient (Wildman–Crippen LogP) is 3.58. The second-order valence-corrected chi connectivity index (χ2v) is 7.38. The molecule has 138 valence electrons. The number of pyridine rings is 1. The van der Waals surface area contributed by atoms with Crippen LogP contribution in [0.15, 0.2) is 47.8 Å². The maximum absolute atomic E-state index is 12.2. The molecule has 0 saturated carbocycles. The fourth-order valence-corrected chi connectivity index (χ4v) is 4.09. The maximum Gasteiger partial charge on any atom is 0.234 e. The van der Waals surface area contributed by atoms with E-state index in [1.54, 1.807) is 0 Å². The van der Waals surface area contributed by atoms with E-state index >= 15 is 0 Å². The number of amides is 1. The highest BCUT2D eigenvalue weighted by molar-refractivity contribution is 7.99. The van der Waals surface area contributed by atoms with Crippen LogP contribution >= 0.6 is 11.8 Å². The Morgan fingerprint density at radius 2 is 2.07 bits per heavy atom. The van der Waals surface area contributed by atoms with Gasteiger partial charge in [0.1, 0.15) is 0 Å². The number of hydrogen-bond donors (Lipinski definition) is 1. The Bertz CT molecular complexity index is 954. The lowest BCUT2D eigenvalue weighted by molar-refractivity contribution is -0.113. The Kier molecular flexibility index (Phi) is 5.20. The molecule has 4 rings (SSSR count). The second kappa shape index (κ2) is 7.92. The van der Waals surface area contributed by atoms with E-state index in [1.807, 2.05) is 41.1 Å². The maximum atomic E-state index is 12.2. The zero-order valence-corrected chi connectivity index (χ0v) is 16.0. The third-order valence-corrected chi connectivity index (χ3v) is 5.57. The normalized spacial score (nSPS) is 12.8. The molecule has 1 aliphatic rings. The van der Waals surface area contributed by atoms with Gasteiger partial charge in [-0.05, 0) is 49.9 Å². The number of nitrogens with one attached hydrogen (secondary N) is 1. The molecule has 1 amide bonds. The summed E-state index contributed by atoms with van der Waals surface area (Å²) < 4.78 is 2.04. The summed E-state index contributed by atoms with van der Waals surface area (Å²) in [7, 11) is 0. The first-order valence-corrected chi connectivity index (χ1v) is 10.1. The number of benzene rings is 1. The van der Waals surface area contributed by atoms with Crippen molar-refractivity contribution in [1.82, 2.24) is 19.7 Å². The van der Waals surface area contributed by atoms with Crippen molar-refractivity contribution in [2.45, 2.75) is 37.9 Å². The standard InChI is InChI=1S/C20H21N5OS/c1-2-25-19(15-11-14-7-6-10-17(14)21-12-15)23-24-20(25)27-13-18(26)22-16-8-4-3-5-9-16/h3-5,8-9,11-12H,2,6-7,10,13H2,1H3,(H,22,26). The van der Waals surface area contributed by atoms with Crippen molar-refractivity contribution in [3.63, 3.8) is 0 Å². The molecule has 27 heavy (non-hydrogen) atoms. The van der Waals surface area contributed by atoms with Gasteiger partial charge in [-0.1, -0.05) is 30.0 Å². The molecule has 1 N–H and O–H groups in total.